The SMILES string of the molecule is Cc1ccc(-c2cc3ncn(C)c(=O)c3c(NC[C@H]3CCCNC3)n2)cc1. The number of piperidine rings is 1. The number of hydrogen-bond acceptors (Lipinski definition) is 5. The smallest absolute Gasteiger partial charge is 0.264 e. The molecule has 6 nitrogen and oxygen atoms in total. The zero-order valence-electron chi connectivity index (χ0n) is 15.8. The molecule has 1 fully saturated rings. The first-order chi connectivity index (χ1) is 13.1. The minimum absolute atomic E-state index is 0.0766. The Balaban J connectivity index is 1.76. The van der Waals surface area contributed by atoms with Crippen LogP contribution in [0.5, 0.6) is 0 Å². The summed E-state index contributed by atoms with van der Waals surface area (Å²) in [6.45, 7) is 4.95. The molecular weight excluding hydrogens is 338 g/mol. The van der Waals surface area contributed by atoms with E-state index in [-0.39, 0.29) is 5.56 Å². The monoisotopic (exact) mass is 363 g/mol. The maximum atomic E-state index is 12.7. The molecule has 0 spiro atoms. The zero-order chi connectivity index (χ0) is 18.8. The molecule has 1 aliphatic rings. The number of rotatable bonds is 4. The maximum Gasteiger partial charge on any atom is 0.264 e. The number of anilines is 1. The lowest BCUT2D eigenvalue weighted by atomic mass is 10.00. The molecule has 3 heterocycles. The second-order valence-corrected chi connectivity index (χ2v) is 7.37. The van der Waals surface area contributed by atoms with Crippen molar-refractivity contribution in [1.29, 1.82) is 0 Å². The lowest BCUT2D eigenvalue weighted by Crippen LogP contribution is -2.33. The molecule has 2 aromatic heterocycles. The first-order valence-electron chi connectivity index (χ1n) is 9.50. The topological polar surface area (TPSA) is 71.8 Å². The average Bonchev–Trinajstić information content (AvgIpc) is 2.70. The van der Waals surface area contributed by atoms with E-state index in [0.717, 1.165) is 30.9 Å². The van der Waals surface area contributed by atoms with Crippen LogP contribution in [0, 0.1) is 12.8 Å². The summed E-state index contributed by atoms with van der Waals surface area (Å²) >= 11 is 0. The van der Waals surface area contributed by atoms with Crippen molar-refractivity contribution in [3.8, 4) is 11.3 Å². The van der Waals surface area contributed by atoms with E-state index in [1.165, 1.54) is 23.0 Å². The van der Waals surface area contributed by atoms with Crippen LogP contribution in [0.25, 0.3) is 22.2 Å². The van der Waals surface area contributed by atoms with Crippen molar-refractivity contribution >= 4 is 16.7 Å². The van der Waals surface area contributed by atoms with Gasteiger partial charge >= 0.3 is 0 Å². The second-order valence-electron chi connectivity index (χ2n) is 7.37. The average molecular weight is 363 g/mol. The molecule has 0 saturated carbocycles. The highest BCUT2D eigenvalue weighted by Crippen LogP contribution is 2.25. The van der Waals surface area contributed by atoms with E-state index in [0.29, 0.717) is 22.6 Å². The summed E-state index contributed by atoms with van der Waals surface area (Å²) in [6.07, 6.45) is 3.94. The Hall–Kier alpha value is -2.73. The minimum atomic E-state index is -0.0766. The fraction of sp³-hybridized carbons (Fsp3) is 0.381. The summed E-state index contributed by atoms with van der Waals surface area (Å²) in [6, 6.07) is 10.1. The van der Waals surface area contributed by atoms with E-state index < -0.39 is 0 Å². The molecule has 140 valence electrons. The van der Waals surface area contributed by atoms with Crippen molar-refractivity contribution in [2.45, 2.75) is 19.8 Å². The molecule has 0 bridgehead atoms. The lowest BCUT2D eigenvalue weighted by Gasteiger charge is -2.23. The Bertz CT molecular complexity index is 1000. The van der Waals surface area contributed by atoms with Crippen molar-refractivity contribution in [3.63, 3.8) is 0 Å². The Morgan fingerprint density at radius 2 is 2.11 bits per heavy atom. The van der Waals surface area contributed by atoms with Gasteiger partial charge in [0.15, 0.2) is 0 Å². The Morgan fingerprint density at radius 1 is 1.30 bits per heavy atom. The van der Waals surface area contributed by atoms with Crippen molar-refractivity contribution in [2.75, 3.05) is 25.0 Å². The molecule has 2 N–H and O–H groups in total. The normalized spacial score (nSPS) is 17.2. The van der Waals surface area contributed by atoms with E-state index >= 15 is 0 Å². The highest BCUT2D eigenvalue weighted by Gasteiger charge is 2.16. The lowest BCUT2D eigenvalue weighted by molar-refractivity contribution is 0.393. The molecule has 27 heavy (non-hydrogen) atoms. The van der Waals surface area contributed by atoms with Gasteiger partial charge in [0.25, 0.3) is 5.56 Å². The highest BCUT2D eigenvalue weighted by atomic mass is 16.1. The van der Waals surface area contributed by atoms with E-state index in [1.54, 1.807) is 13.4 Å². The first-order valence-corrected chi connectivity index (χ1v) is 9.50. The number of hydrogen-bond donors (Lipinski definition) is 2. The quantitative estimate of drug-likeness (QED) is 0.746. The molecule has 1 aliphatic heterocycles. The Morgan fingerprint density at radius 3 is 2.85 bits per heavy atom. The Labute approximate surface area is 158 Å². The van der Waals surface area contributed by atoms with E-state index in [2.05, 4.69) is 46.8 Å². The van der Waals surface area contributed by atoms with Crippen molar-refractivity contribution < 1.29 is 0 Å². The van der Waals surface area contributed by atoms with Gasteiger partial charge in [-0.3, -0.25) is 4.79 Å². The van der Waals surface area contributed by atoms with Crippen LogP contribution >= 0.6 is 0 Å². The van der Waals surface area contributed by atoms with Gasteiger partial charge in [-0.25, -0.2) is 9.97 Å². The molecule has 3 aromatic rings. The van der Waals surface area contributed by atoms with E-state index in [4.69, 9.17) is 4.98 Å². The predicted octanol–water partition coefficient (Wildman–Crippen LogP) is 2.72. The van der Waals surface area contributed by atoms with Gasteiger partial charge in [0.2, 0.25) is 0 Å². The van der Waals surface area contributed by atoms with Gasteiger partial charge in [0.05, 0.1) is 17.5 Å². The summed E-state index contributed by atoms with van der Waals surface area (Å²) in [5.74, 6) is 1.17. The summed E-state index contributed by atoms with van der Waals surface area (Å²) < 4.78 is 1.50. The molecule has 0 amide bonds. The van der Waals surface area contributed by atoms with E-state index in [1.807, 2.05) is 6.07 Å². The fourth-order valence-electron chi connectivity index (χ4n) is 3.56. The molecule has 6 heteroatoms. The first kappa shape index (κ1) is 17.7. The van der Waals surface area contributed by atoms with Crippen molar-refractivity contribution in [2.24, 2.45) is 13.0 Å². The molecule has 0 radical (unpaired) electrons. The predicted molar refractivity (Wildman–Crippen MR) is 109 cm³/mol. The number of nitrogens with zero attached hydrogens (tertiary/aromatic N) is 3. The van der Waals surface area contributed by atoms with Gasteiger partial charge in [-0.15, -0.1) is 0 Å². The third kappa shape index (κ3) is 3.71. The number of fused-ring (bicyclic) bond motifs is 1. The third-order valence-corrected chi connectivity index (χ3v) is 5.21. The largest absolute Gasteiger partial charge is 0.369 e. The van der Waals surface area contributed by atoms with Crippen LogP contribution in [0.3, 0.4) is 0 Å². The Kier molecular flexibility index (Phi) is 4.90. The van der Waals surface area contributed by atoms with Crippen LogP contribution in [-0.4, -0.2) is 34.2 Å². The molecule has 0 aliphatic carbocycles. The minimum Gasteiger partial charge on any atom is -0.369 e. The standard InChI is InChI=1S/C21H25N5O/c1-14-5-7-16(8-6-14)17-10-18-19(21(27)26(2)13-24-18)20(25-17)23-12-15-4-3-9-22-11-15/h5-8,10,13,15,22H,3-4,9,11-12H2,1-2H3,(H,23,25)/t15-/m0/s1. The highest BCUT2D eigenvalue weighted by molar-refractivity contribution is 5.91. The van der Waals surface area contributed by atoms with Gasteiger partial charge in [-0.1, -0.05) is 29.8 Å². The van der Waals surface area contributed by atoms with Gasteiger partial charge in [0, 0.05) is 19.2 Å². The molecule has 1 atom stereocenters. The number of nitrogens with one attached hydrogen (secondary N) is 2. The van der Waals surface area contributed by atoms with Crippen LogP contribution in [-0.2, 0) is 7.05 Å². The molecular formula is C21H25N5O. The van der Waals surface area contributed by atoms with Crippen LogP contribution in [0.1, 0.15) is 18.4 Å². The molecule has 0 unspecified atom stereocenters. The summed E-state index contributed by atoms with van der Waals surface area (Å²) in [7, 11) is 1.72. The number of aromatic nitrogens is 3. The fourth-order valence-corrected chi connectivity index (χ4v) is 3.56. The van der Waals surface area contributed by atoms with Crippen LogP contribution in [0.4, 0.5) is 5.82 Å². The third-order valence-electron chi connectivity index (χ3n) is 5.21. The van der Waals surface area contributed by atoms with E-state index in [9.17, 15) is 4.79 Å². The number of pyridine rings is 1. The summed E-state index contributed by atoms with van der Waals surface area (Å²) in [5, 5.41) is 7.43. The van der Waals surface area contributed by atoms with Crippen molar-refractivity contribution in [3.05, 3.63) is 52.6 Å². The summed E-state index contributed by atoms with van der Waals surface area (Å²) in [4.78, 5) is 22.0. The van der Waals surface area contributed by atoms with Crippen LogP contribution < -0.4 is 16.2 Å². The van der Waals surface area contributed by atoms with Crippen molar-refractivity contribution in [1.82, 2.24) is 19.9 Å². The van der Waals surface area contributed by atoms with Gasteiger partial charge in [0.1, 0.15) is 11.2 Å². The van der Waals surface area contributed by atoms with Gasteiger partial charge in [-0.05, 0) is 44.8 Å². The molecule has 1 aromatic carbocycles. The van der Waals surface area contributed by atoms with Gasteiger partial charge < -0.3 is 15.2 Å². The maximum absolute atomic E-state index is 12.7. The molecule has 4 rings (SSSR count). The number of benzene rings is 1. The molecule has 1 saturated heterocycles. The van der Waals surface area contributed by atoms with Crippen LogP contribution in [0.2, 0.25) is 0 Å². The summed E-state index contributed by atoms with van der Waals surface area (Å²) in [5.41, 5.74) is 3.65. The van der Waals surface area contributed by atoms with Gasteiger partial charge in [-0.2, -0.15) is 0 Å². The zero-order valence-corrected chi connectivity index (χ0v) is 15.8. The second kappa shape index (κ2) is 7.48. The van der Waals surface area contributed by atoms with Crippen LogP contribution in [0.15, 0.2) is 41.5 Å². The number of aryl methyl sites for hydroxylation is 2.